The van der Waals surface area contributed by atoms with Crippen molar-refractivity contribution in [2.75, 3.05) is 0 Å². The molecule has 4 aromatic heterocycles. The van der Waals surface area contributed by atoms with Gasteiger partial charge in [-0.2, -0.15) is 0 Å². The largest absolute Gasteiger partial charge is 0.263 e. The van der Waals surface area contributed by atoms with E-state index in [1.807, 2.05) is 18.6 Å². The van der Waals surface area contributed by atoms with Crippen LogP contribution in [0.15, 0.2) is 47.5 Å². The van der Waals surface area contributed by atoms with E-state index in [2.05, 4.69) is 38.9 Å². The lowest BCUT2D eigenvalue weighted by atomic mass is 10.1. The first-order chi connectivity index (χ1) is 8.92. The summed E-state index contributed by atoms with van der Waals surface area (Å²) in [4.78, 5) is 8.86. The van der Waals surface area contributed by atoms with Crippen molar-refractivity contribution < 1.29 is 0 Å². The zero-order chi connectivity index (χ0) is 11.9. The molecule has 0 saturated heterocycles. The SMILES string of the molecule is c1cc2cc(-c3cncc4sccc34)ncc2s1. The van der Waals surface area contributed by atoms with Crippen molar-refractivity contribution in [2.45, 2.75) is 0 Å². The van der Waals surface area contributed by atoms with Crippen molar-refractivity contribution in [3.63, 3.8) is 0 Å². The van der Waals surface area contributed by atoms with E-state index >= 15 is 0 Å². The molecular formula is C14H8N2S2. The first kappa shape index (κ1) is 10.2. The summed E-state index contributed by atoms with van der Waals surface area (Å²) in [5, 5.41) is 6.67. The molecule has 86 valence electrons. The molecule has 0 saturated carbocycles. The fourth-order valence-electron chi connectivity index (χ4n) is 2.11. The molecule has 0 aromatic carbocycles. The molecule has 0 radical (unpaired) electrons. The Bertz CT molecular complexity index is 845. The van der Waals surface area contributed by atoms with E-state index in [1.54, 1.807) is 22.7 Å². The third-order valence-electron chi connectivity index (χ3n) is 3.00. The molecule has 0 aliphatic heterocycles. The van der Waals surface area contributed by atoms with Crippen LogP contribution in [0.5, 0.6) is 0 Å². The second-order valence-corrected chi connectivity index (χ2v) is 5.94. The molecule has 0 bridgehead atoms. The van der Waals surface area contributed by atoms with Gasteiger partial charge in [0, 0.05) is 29.5 Å². The Morgan fingerprint density at radius 2 is 1.78 bits per heavy atom. The average molecular weight is 268 g/mol. The van der Waals surface area contributed by atoms with E-state index < -0.39 is 0 Å². The summed E-state index contributed by atoms with van der Waals surface area (Å²) in [7, 11) is 0. The van der Waals surface area contributed by atoms with Crippen molar-refractivity contribution in [1.82, 2.24) is 9.97 Å². The molecule has 0 N–H and O–H groups in total. The van der Waals surface area contributed by atoms with Crippen molar-refractivity contribution in [1.29, 1.82) is 0 Å². The quantitative estimate of drug-likeness (QED) is 0.505. The first-order valence-electron chi connectivity index (χ1n) is 5.57. The molecule has 0 amide bonds. The lowest BCUT2D eigenvalue weighted by Crippen LogP contribution is -1.84. The smallest absolute Gasteiger partial charge is 0.0731 e. The second-order valence-electron chi connectivity index (χ2n) is 4.05. The minimum Gasteiger partial charge on any atom is -0.263 e. The van der Waals surface area contributed by atoms with Crippen LogP contribution in [0.4, 0.5) is 0 Å². The molecule has 0 aliphatic rings. The predicted octanol–water partition coefficient (Wildman–Crippen LogP) is 4.57. The lowest BCUT2D eigenvalue weighted by molar-refractivity contribution is 1.32. The molecular weight excluding hydrogens is 260 g/mol. The van der Waals surface area contributed by atoms with Crippen molar-refractivity contribution in [2.24, 2.45) is 0 Å². The Morgan fingerprint density at radius 1 is 0.889 bits per heavy atom. The van der Waals surface area contributed by atoms with Crippen LogP contribution in [0.25, 0.3) is 31.4 Å². The van der Waals surface area contributed by atoms with Crippen molar-refractivity contribution >= 4 is 42.8 Å². The summed E-state index contributed by atoms with van der Waals surface area (Å²) in [6, 6.07) is 6.41. The molecule has 4 aromatic rings. The topological polar surface area (TPSA) is 25.8 Å². The number of hydrogen-bond donors (Lipinski definition) is 0. The minimum atomic E-state index is 0.998. The van der Waals surface area contributed by atoms with Crippen LogP contribution in [-0.4, -0.2) is 9.97 Å². The van der Waals surface area contributed by atoms with Gasteiger partial charge in [-0.15, -0.1) is 22.7 Å². The molecule has 4 heteroatoms. The molecule has 0 atom stereocenters. The van der Waals surface area contributed by atoms with Crippen LogP contribution in [0.2, 0.25) is 0 Å². The number of pyridine rings is 2. The van der Waals surface area contributed by atoms with E-state index in [4.69, 9.17) is 0 Å². The van der Waals surface area contributed by atoms with Crippen molar-refractivity contribution in [3.8, 4) is 11.3 Å². The molecule has 4 heterocycles. The van der Waals surface area contributed by atoms with E-state index in [-0.39, 0.29) is 0 Å². The van der Waals surface area contributed by atoms with Gasteiger partial charge in [0.25, 0.3) is 0 Å². The first-order valence-corrected chi connectivity index (χ1v) is 7.32. The van der Waals surface area contributed by atoms with Crippen LogP contribution in [0.3, 0.4) is 0 Å². The number of nitrogens with zero attached hydrogens (tertiary/aromatic N) is 2. The van der Waals surface area contributed by atoms with Crippen LogP contribution in [-0.2, 0) is 0 Å². The van der Waals surface area contributed by atoms with Gasteiger partial charge in [0.15, 0.2) is 0 Å². The maximum Gasteiger partial charge on any atom is 0.0731 e. The number of rotatable bonds is 1. The second kappa shape index (κ2) is 3.86. The molecule has 2 nitrogen and oxygen atoms in total. The van der Waals surface area contributed by atoms with Gasteiger partial charge in [0.2, 0.25) is 0 Å². The molecule has 4 rings (SSSR count). The maximum atomic E-state index is 4.55. The number of aromatic nitrogens is 2. The molecule has 0 aliphatic carbocycles. The highest BCUT2D eigenvalue weighted by Gasteiger charge is 2.07. The zero-order valence-corrected chi connectivity index (χ0v) is 11.0. The van der Waals surface area contributed by atoms with Gasteiger partial charge >= 0.3 is 0 Å². The third-order valence-corrected chi connectivity index (χ3v) is 4.72. The summed E-state index contributed by atoms with van der Waals surface area (Å²) in [5.41, 5.74) is 2.11. The summed E-state index contributed by atoms with van der Waals surface area (Å²) in [6.45, 7) is 0. The number of thiophene rings is 2. The Hall–Kier alpha value is -1.78. The predicted molar refractivity (Wildman–Crippen MR) is 78.2 cm³/mol. The lowest BCUT2D eigenvalue weighted by Gasteiger charge is -2.02. The molecule has 18 heavy (non-hydrogen) atoms. The third kappa shape index (κ3) is 1.46. The highest BCUT2D eigenvalue weighted by atomic mass is 32.1. The van der Waals surface area contributed by atoms with E-state index in [0.717, 1.165) is 11.3 Å². The normalized spacial score (nSPS) is 11.3. The van der Waals surface area contributed by atoms with Gasteiger partial charge in [-0.05, 0) is 34.3 Å². The minimum absolute atomic E-state index is 0.998. The average Bonchev–Trinajstić information content (AvgIpc) is 3.05. The number of hydrogen-bond acceptors (Lipinski definition) is 4. The van der Waals surface area contributed by atoms with E-state index in [0.29, 0.717) is 0 Å². The van der Waals surface area contributed by atoms with Crippen molar-refractivity contribution in [3.05, 3.63) is 47.5 Å². The Kier molecular flexibility index (Phi) is 2.18. The summed E-state index contributed by atoms with van der Waals surface area (Å²) in [5.74, 6) is 0. The summed E-state index contributed by atoms with van der Waals surface area (Å²) >= 11 is 3.43. The number of fused-ring (bicyclic) bond motifs is 2. The van der Waals surface area contributed by atoms with Gasteiger partial charge in [-0.25, -0.2) is 0 Å². The van der Waals surface area contributed by atoms with Crippen LogP contribution < -0.4 is 0 Å². The van der Waals surface area contributed by atoms with E-state index in [1.165, 1.54) is 20.2 Å². The van der Waals surface area contributed by atoms with Gasteiger partial charge in [0.05, 0.1) is 15.1 Å². The zero-order valence-electron chi connectivity index (χ0n) is 9.33. The fraction of sp³-hybridized carbons (Fsp3) is 0. The highest BCUT2D eigenvalue weighted by Crippen LogP contribution is 2.31. The Labute approximate surface area is 112 Å². The van der Waals surface area contributed by atoms with Gasteiger partial charge in [-0.3, -0.25) is 9.97 Å². The highest BCUT2D eigenvalue weighted by molar-refractivity contribution is 7.17. The standard InChI is InChI=1S/C14H8N2S2/c1-3-17-13-8-16-12(5-9(1)13)11-6-15-7-14-10(11)2-4-18-14/h1-8H. The Balaban J connectivity index is 2.03. The van der Waals surface area contributed by atoms with Gasteiger partial charge in [0.1, 0.15) is 0 Å². The summed E-state index contributed by atoms with van der Waals surface area (Å²) in [6.07, 6.45) is 5.75. The Morgan fingerprint density at radius 3 is 2.78 bits per heavy atom. The fourth-order valence-corrected chi connectivity index (χ4v) is 3.63. The van der Waals surface area contributed by atoms with Crippen LogP contribution in [0.1, 0.15) is 0 Å². The van der Waals surface area contributed by atoms with E-state index in [9.17, 15) is 0 Å². The molecule has 0 unspecified atom stereocenters. The summed E-state index contributed by atoms with van der Waals surface area (Å²) < 4.78 is 2.43. The maximum absolute atomic E-state index is 4.55. The van der Waals surface area contributed by atoms with Crippen LogP contribution in [0, 0.1) is 0 Å². The molecule has 0 spiro atoms. The van der Waals surface area contributed by atoms with Gasteiger partial charge in [-0.1, -0.05) is 0 Å². The monoisotopic (exact) mass is 268 g/mol. The molecule has 0 fully saturated rings. The van der Waals surface area contributed by atoms with Crippen LogP contribution >= 0.6 is 22.7 Å². The van der Waals surface area contributed by atoms with Gasteiger partial charge < -0.3 is 0 Å².